The third kappa shape index (κ3) is 6.43. The van der Waals surface area contributed by atoms with E-state index in [0.29, 0.717) is 12.1 Å². The lowest BCUT2D eigenvalue weighted by Crippen LogP contribution is -2.46. The van der Waals surface area contributed by atoms with Crippen LogP contribution in [-0.2, 0) is 14.2 Å². The third-order valence-electron chi connectivity index (χ3n) is 6.13. The number of rotatable bonds is 8. The molecule has 0 spiro atoms. The molecule has 0 aromatic rings. The van der Waals surface area contributed by atoms with E-state index < -0.39 is 0 Å². The predicted molar refractivity (Wildman–Crippen MR) is 108 cm³/mol. The van der Waals surface area contributed by atoms with Gasteiger partial charge in [-0.3, -0.25) is 9.80 Å². The first-order chi connectivity index (χ1) is 13.2. The first-order valence-electron chi connectivity index (χ1n) is 10.9. The van der Waals surface area contributed by atoms with E-state index in [0.717, 1.165) is 85.1 Å². The van der Waals surface area contributed by atoms with E-state index in [-0.39, 0.29) is 6.10 Å². The zero-order valence-electron chi connectivity index (χ0n) is 17.4. The summed E-state index contributed by atoms with van der Waals surface area (Å²) >= 11 is 0. The van der Waals surface area contributed by atoms with Crippen molar-refractivity contribution < 1.29 is 14.2 Å². The zero-order chi connectivity index (χ0) is 19.1. The van der Waals surface area contributed by atoms with Gasteiger partial charge in [0.1, 0.15) is 0 Å². The number of hydrogen-bond donors (Lipinski definition) is 0. The standard InChI is InChI=1S/C21H39N3O3/c1-4-22-8-12-26-20(15-22)6-5-7-23-9-13-27-21(16-23)14-18(2)24-10-11-25-17-19(24)3/h19-21H,2,4-17H2,1,3H3/t19-,20+,21-/m1/s1. The van der Waals surface area contributed by atoms with Crippen LogP contribution in [0.5, 0.6) is 0 Å². The van der Waals surface area contributed by atoms with E-state index in [2.05, 4.69) is 35.1 Å². The highest BCUT2D eigenvalue weighted by Crippen LogP contribution is 2.20. The van der Waals surface area contributed by atoms with Crippen LogP contribution in [0.1, 0.15) is 33.1 Å². The molecule has 3 aliphatic rings. The molecule has 156 valence electrons. The van der Waals surface area contributed by atoms with Gasteiger partial charge >= 0.3 is 0 Å². The first kappa shape index (κ1) is 21.1. The SMILES string of the molecule is C=C(C[C@@H]1CN(CCC[C@H]2CN(CC)CCO2)CCO1)N1CCOC[C@H]1C. The van der Waals surface area contributed by atoms with Crippen molar-refractivity contribution in [2.24, 2.45) is 0 Å². The molecule has 0 aromatic heterocycles. The summed E-state index contributed by atoms with van der Waals surface area (Å²) < 4.78 is 17.5. The van der Waals surface area contributed by atoms with E-state index in [1.165, 1.54) is 12.1 Å². The molecule has 3 rings (SSSR count). The number of morpholine rings is 3. The van der Waals surface area contributed by atoms with Gasteiger partial charge in [0.05, 0.1) is 38.6 Å². The molecule has 0 unspecified atom stereocenters. The van der Waals surface area contributed by atoms with Crippen molar-refractivity contribution >= 4 is 0 Å². The number of likely N-dealkylation sites (N-methyl/N-ethyl adjacent to an activating group) is 1. The lowest BCUT2D eigenvalue weighted by Gasteiger charge is -2.39. The fraction of sp³-hybridized carbons (Fsp3) is 0.905. The van der Waals surface area contributed by atoms with Gasteiger partial charge in [0.25, 0.3) is 0 Å². The van der Waals surface area contributed by atoms with Gasteiger partial charge < -0.3 is 19.1 Å². The molecule has 3 saturated heterocycles. The van der Waals surface area contributed by atoms with Gasteiger partial charge in [0.2, 0.25) is 0 Å². The molecule has 0 aliphatic carbocycles. The highest BCUT2D eigenvalue weighted by molar-refractivity contribution is 5.00. The molecule has 0 radical (unpaired) electrons. The van der Waals surface area contributed by atoms with Crippen LogP contribution in [0.2, 0.25) is 0 Å². The lowest BCUT2D eigenvalue weighted by molar-refractivity contribution is -0.0443. The summed E-state index contributed by atoms with van der Waals surface area (Å²) in [4.78, 5) is 7.45. The Hall–Kier alpha value is -0.660. The normalized spacial score (nSPS) is 31.2. The van der Waals surface area contributed by atoms with Crippen LogP contribution in [0.25, 0.3) is 0 Å². The Balaban J connectivity index is 1.35. The van der Waals surface area contributed by atoms with E-state index in [1.54, 1.807) is 0 Å². The Morgan fingerprint density at radius 1 is 1.00 bits per heavy atom. The van der Waals surface area contributed by atoms with Gasteiger partial charge in [-0.2, -0.15) is 0 Å². The van der Waals surface area contributed by atoms with Crippen LogP contribution in [0.15, 0.2) is 12.3 Å². The van der Waals surface area contributed by atoms with Crippen LogP contribution in [0, 0.1) is 0 Å². The fourth-order valence-electron chi connectivity index (χ4n) is 4.47. The molecular weight excluding hydrogens is 342 g/mol. The number of hydrogen-bond acceptors (Lipinski definition) is 6. The topological polar surface area (TPSA) is 37.4 Å². The van der Waals surface area contributed by atoms with Crippen molar-refractivity contribution in [1.82, 2.24) is 14.7 Å². The summed E-state index contributed by atoms with van der Waals surface area (Å²) in [5, 5.41) is 0. The minimum atomic E-state index is 0.266. The molecule has 0 amide bonds. The monoisotopic (exact) mass is 381 g/mol. The van der Waals surface area contributed by atoms with Gasteiger partial charge in [-0.25, -0.2) is 0 Å². The summed E-state index contributed by atoms with van der Waals surface area (Å²) in [6.07, 6.45) is 3.98. The Kier molecular flexibility index (Phi) is 8.40. The molecule has 3 heterocycles. The van der Waals surface area contributed by atoms with Crippen LogP contribution in [0.3, 0.4) is 0 Å². The second-order valence-corrected chi connectivity index (χ2v) is 8.21. The Labute approximate surface area is 165 Å². The van der Waals surface area contributed by atoms with Gasteiger partial charge in [-0.05, 0) is 32.9 Å². The average Bonchev–Trinajstić information content (AvgIpc) is 2.69. The summed E-state index contributed by atoms with van der Waals surface area (Å²) in [5.74, 6) is 0. The van der Waals surface area contributed by atoms with Gasteiger partial charge in [-0.15, -0.1) is 0 Å². The second-order valence-electron chi connectivity index (χ2n) is 8.21. The minimum Gasteiger partial charge on any atom is -0.377 e. The van der Waals surface area contributed by atoms with Crippen LogP contribution in [-0.4, -0.2) is 105 Å². The van der Waals surface area contributed by atoms with E-state index in [4.69, 9.17) is 14.2 Å². The molecule has 3 fully saturated rings. The maximum absolute atomic E-state index is 6.04. The Morgan fingerprint density at radius 2 is 1.74 bits per heavy atom. The van der Waals surface area contributed by atoms with Gasteiger partial charge in [-0.1, -0.05) is 13.5 Å². The van der Waals surface area contributed by atoms with Crippen molar-refractivity contribution in [3.8, 4) is 0 Å². The summed E-state index contributed by atoms with van der Waals surface area (Å²) in [6, 6.07) is 0.420. The molecule has 3 atom stereocenters. The third-order valence-corrected chi connectivity index (χ3v) is 6.13. The van der Waals surface area contributed by atoms with Gasteiger partial charge in [0.15, 0.2) is 0 Å². The zero-order valence-corrected chi connectivity index (χ0v) is 17.4. The molecule has 0 N–H and O–H groups in total. The predicted octanol–water partition coefficient (Wildman–Crippen LogP) is 1.81. The van der Waals surface area contributed by atoms with Crippen molar-refractivity contribution in [3.05, 3.63) is 12.3 Å². The van der Waals surface area contributed by atoms with Crippen molar-refractivity contribution in [2.75, 3.05) is 72.2 Å². The van der Waals surface area contributed by atoms with Crippen LogP contribution >= 0.6 is 0 Å². The molecule has 0 saturated carbocycles. The smallest absolute Gasteiger partial charge is 0.0756 e. The Morgan fingerprint density at radius 3 is 2.52 bits per heavy atom. The highest BCUT2D eigenvalue weighted by atomic mass is 16.5. The summed E-state index contributed by atoms with van der Waals surface area (Å²) in [7, 11) is 0. The van der Waals surface area contributed by atoms with E-state index in [9.17, 15) is 0 Å². The maximum atomic E-state index is 6.04. The van der Waals surface area contributed by atoms with Crippen molar-refractivity contribution in [1.29, 1.82) is 0 Å². The quantitative estimate of drug-likeness (QED) is 0.638. The molecule has 0 bridgehead atoms. The molecule has 6 heteroatoms. The minimum absolute atomic E-state index is 0.266. The largest absolute Gasteiger partial charge is 0.377 e. The molecule has 27 heavy (non-hydrogen) atoms. The van der Waals surface area contributed by atoms with Crippen molar-refractivity contribution in [2.45, 2.75) is 51.4 Å². The van der Waals surface area contributed by atoms with Crippen LogP contribution < -0.4 is 0 Å². The first-order valence-corrected chi connectivity index (χ1v) is 10.9. The lowest BCUT2D eigenvalue weighted by atomic mass is 10.1. The molecular formula is C21H39N3O3. The summed E-state index contributed by atoms with van der Waals surface area (Å²) in [6.45, 7) is 19.6. The second kappa shape index (κ2) is 10.8. The Bertz CT molecular complexity index is 462. The van der Waals surface area contributed by atoms with Gasteiger partial charge in [0, 0.05) is 50.9 Å². The van der Waals surface area contributed by atoms with E-state index in [1.807, 2.05) is 0 Å². The molecule has 3 aliphatic heterocycles. The van der Waals surface area contributed by atoms with Crippen molar-refractivity contribution in [3.63, 3.8) is 0 Å². The average molecular weight is 382 g/mol. The molecule has 0 aromatic carbocycles. The van der Waals surface area contributed by atoms with Crippen LogP contribution in [0.4, 0.5) is 0 Å². The molecule has 6 nitrogen and oxygen atoms in total. The number of nitrogens with zero attached hydrogens (tertiary/aromatic N) is 3. The maximum Gasteiger partial charge on any atom is 0.0756 e. The van der Waals surface area contributed by atoms with E-state index >= 15 is 0 Å². The number of ether oxygens (including phenoxy) is 3. The summed E-state index contributed by atoms with van der Waals surface area (Å²) in [5.41, 5.74) is 1.20. The fourth-order valence-corrected chi connectivity index (χ4v) is 4.47. The highest BCUT2D eigenvalue weighted by Gasteiger charge is 2.26.